The zero-order chi connectivity index (χ0) is 27.4. The fourth-order valence-corrected chi connectivity index (χ4v) is 8.93. The Labute approximate surface area is 235 Å². The Kier molecular flexibility index (Phi) is 7.20. The Morgan fingerprint density at radius 2 is 1.98 bits per heavy atom. The number of rotatable bonds is 6. The second-order valence-electron chi connectivity index (χ2n) is 13.1. The molecule has 0 radical (unpaired) electrons. The number of carbonyl (C=O) groups excluding carboxylic acids is 2. The van der Waals surface area contributed by atoms with E-state index in [0.717, 1.165) is 38.8 Å². The molecule has 9 nitrogen and oxygen atoms in total. The summed E-state index contributed by atoms with van der Waals surface area (Å²) in [6.45, 7) is 2.62. The van der Waals surface area contributed by atoms with E-state index in [1.54, 1.807) is 12.5 Å². The second kappa shape index (κ2) is 10.8. The topological polar surface area (TPSA) is 106 Å². The lowest BCUT2D eigenvalue weighted by atomic mass is 9.64. The smallest absolute Gasteiger partial charge is 0.256 e. The second-order valence-corrected chi connectivity index (χ2v) is 13.1. The maximum Gasteiger partial charge on any atom is 0.256 e. The number of aromatic nitrogens is 2. The highest BCUT2D eigenvalue weighted by Gasteiger charge is 2.60. The summed E-state index contributed by atoms with van der Waals surface area (Å²) in [4.78, 5) is 35.8. The molecular formula is C30H43FN6O3. The van der Waals surface area contributed by atoms with Gasteiger partial charge in [-0.3, -0.25) is 14.5 Å². The van der Waals surface area contributed by atoms with Crippen molar-refractivity contribution in [1.82, 2.24) is 24.7 Å². The molecule has 1 amide bonds. The van der Waals surface area contributed by atoms with Gasteiger partial charge in [0.05, 0.1) is 42.2 Å². The molecule has 0 spiro atoms. The van der Waals surface area contributed by atoms with Crippen molar-refractivity contribution in [2.24, 2.45) is 23.5 Å². The van der Waals surface area contributed by atoms with Gasteiger partial charge in [-0.25, -0.2) is 9.37 Å². The van der Waals surface area contributed by atoms with Gasteiger partial charge >= 0.3 is 0 Å². The molecule has 40 heavy (non-hydrogen) atoms. The first kappa shape index (κ1) is 26.6. The zero-order valence-electron chi connectivity index (χ0n) is 23.2. The van der Waals surface area contributed by atoms with Crippen LogP contribution < -0.4 is 11.1 Å². The third-order valence-corrected chi connectivity index (χ3v) is 10.8. The van der Waals surface area contributed by atoms with E-state index in [0.29, 0.717) is 24.9 Å². The van der Waals surface area contributed by atoms with E-state index in [9.17, 15) is 9.59 Å². The van der Waals surface area contributed by atoms with Crippen molar-refractivity contribution in [1.29, 1.82) is 0 Å². The number of hydrogen-bond acceptors (Lipinski definition) is 7. The van der Waals surface area contributed by atoms with Crippen LogP contribution in [0.15, 0.2) is 30.5 Å². The maximum atomic E-state index is 16.1. The van der Waals surface area contributed by atoms with Gasteiger partial charge in [-0.05, 0) is 43.9 Å². The number of nitrogens with one attached hydrogen (secondary N) is 1. The number of Topliss-reactive ketones (excluding diaryl/α,β-unsaturated/α-hetero) is 1. The van der Waals surface area contributed by atoms with Gasteiger partial charge in [0.25, 0.3) is 5.91 Å². The summed E-state index contributed by atoms with van der Waals surface area (Å²) in [5.41, 5.74) is 6.42. The van der Waals surface area contributed by atoms with Crippen molar-refractivity contribution in [3.8, 4) is 0 Å². The van der Waals surface area contributed by atoms with Gasteiger partial charge < -0.3 is 25.3 Å². The molecule has 3 aliphatic heterocycles. The Balaban J connectivity index is 1.16. The average molecular weight is 555 g/mol. The van der Waals surface area contributed by atoms with Crippen molar-refractivity contribution in [2.45, 2.75) is 107 Å². The molecule has 0 aromatic carbocycles. The van der Waals surface area contributed by atoms with E-state index in [2.05, 4.69) is 20.1 Å². The molecule has 3 aliphatic carbocycles. The van der Waals surface area contributed by atoms with Crippen LogP contribution in [0.3, 0.4) is 0 Å². The lowest BCUT2D eigenvalue weighted by Crippen LogP contribution is -2.73. The highest BCUT2D eigenvalue weighted by molar-refractivity contribution is 6.20. The number of nitrogens with zero attached hydrogens (tertiary/aromatic N) is 4. The number of halogens is 1. The van der Waals surface area contributed by atoms with Crippen molar-refractivity contribution in [3.05, 3.63) is 30.5 Å². The number of ether oxygens (including phenoxy) is 1. The van der Waals surface area contributed by atoms with Crippen LogP contribution in [0.4, 0.5) is 4.39 Å². The first-order valence-corrected chi connectivity index (χ1v) is 15.5. The fraction of sp³-hybridized carbons (Fsp3) is 0.767. The van der Waals surface area contributed by atoms with Gasteiger partial charge in [-0.2, -0.15) is 0 Å². The first-order chi connectivity index (χ1) is 19.5. The quantitative estimate of drug-likeness (QED) is 0.410. The predicted molar refractivity (Wildman–Crippen MR) is 147 cm³/mol. The van der Waals surface area contributed by atoms with Gasteiger partial charge in [0.1, 0.15) is 6.17 Å². The first-order valence-electron chi connectivity index (χ1n) is 15.5. The van der Waals surface area contributed by atoms with Gasteiger partial charge in [0.15, 0.2) is 5.78 Å². The van der Waals surface area contributed by atoms with E-state index in [-0.39, 0.29) is 47.9 Å². The van der Waals surface area contributed by atoms with Gasteiger partial charge in [-0.15, -0.1) is 0 Å². The standard InChI is InChI=1S/C30H43FN6O3/c31-23-14-21-26-29(27(23)36-10-6-20(32)15-36)40-25-13-19-5-2-1-4-18(19)12-24(25)37(26)16-22(28(21)38)30(39)34-7-3-9-35-11-8-33-17-35/h8,11,16-21,23-27,29H,1-7,9-10,12-15,32H2,(H,34,39). The van der Waals surface area contributed by atoms with E-state index in [4.69, 9.17) is 10.5 Å². The summed E-state index contributed by atoms with van der Waals surface area (Å²) in [7, 11) is 0. The van der Waals surface area contributed by atoms with Crippen LogP contribution in [0.5, 0.6) is 0 Å². The third-order valence-electron chi connectivity index (χ3n) is 10.8. The largest absolute Gasteiger partial charge is 0.369 e. The molecule has 218 valence electrons. The molecular weight excluding hydrogens is 511 g/mol. The van der Waals surface area contributed by atoms with Crippen LogP contribution in [0.1, 0.15) is 57.8 Å². The van der Waals surface area contributed by atoms with Gasteiger partial charge in [0, 0.05) is 56.7 Å². The summed E-state index contributed by atoms with van der Waals surface area (Å²) in [6.07, 6.45) is 14.4. The molecule has 10 heteroatoms. The summed E-state index contributed by atoms with van der Waals surface area (Å²) in [5.74, 6) is 0.160. The third kappa shape index (κ3) is 4.69. The highest BCUT2D eigenvalue weighted by atomic mass is 19.1. The maximum absolute atomic E-state index is 16.1. The van der Waals surface area contributed by atoms with Crippen molar-refractivity contribution >= 4 is 11.7 Å². The zero-order valence-corrected chi connectivity index (χ0v) is 23.2. The Morgan fingerprint density at radius 1 is 1.15 bits per heavy atom. The Bertz CT molecular complexity index is 1130. The number of imidazole rings is 1. The van der Waals surface area contributed by atoms with Crippen molar-refractivity contribution < 1.29 is 18.7 Å². The molecule has 5 fully saturated rings. The van der Waals surface area contributed by atoms with E-state index < -0.39 is 24.2 Å². The summed E-state index contributed by atoms with van der Waals surface area (Å²) >= 11 is 0. The molecule has 3 saturated carbocycles. The van der Waals surface area contributed by atoms with E-state index >= 15 is 4.39 Å². The predicted octanol–water partition coefficient (Wildman–Crippen LogP) is 2.02. The minimum Gasteiger partial charge on any atom is -0.369 e. The molecule has 4 heterocycles. The molecule has 7 rings (SSSR count). The highest BCUT2D eigenvalue weighted by Crippen LogP contribution is 2.50. The molecule has 1 aromatic rings. The number of morpholine rings is 1. The van der Waals surface area contributed by atoms with Crippen LogP contribution in [0.2, 0.25) is 0 Å². The number of aryl methyl sites for hydroxylation is 1. The number of hydrogen-bond donors (Lipinski definition) is 2. The van der Waals surface area contributed by atoms with Crippen molar-refractivity contribution in [3.63, 3.8) is 0 Å². The normalized spacial score (nSPS) is 41.1. The monoisotopic (exact) mass is 554 g/mol. The van der Waals surface area contributed by atoms with E-state index in [1.807, 2.05) is 17.0 Å². The lowest BCUT2D eigenvalue weighted by molar-refractivity contribution is -0.219. The van der Waals surface area contributed by atoms with Crippen LogP contribution in [-0.4, -0.2) is 93.2 Å². The minimum absolute atomic E-state index is 0.00531. The number of likely N-dealkylation sites (tertiary alicyclic amines) is 1. The van der Waals surface area contributed by atoms with Gasteiger partial charge in [-0.1, -0.05) is 25.7 Å². The summed E-state index contributed by atoms with van der Waals surface area (Å²) in [6, 6.07) is -0.465. The SMILES string of the molecule is NC1CCN(C2C(F)CC3C(=O)C(C(=O)NCCCn4ccnc4)=CN4C5CC6CCCCC6CC5OC2C34)C1. The molecule has 6 aliphatic rings. The number of alkyl halides is 1. The van der Waals surface area contributed by atoms with Crippen LogP contribution in [-0.2, 0) is 20.9 Å². The Morgan fingerprint density at radius 3 is 2.73 bits per heavy atom. The average Bonchev–Trinajstić information content (AvgIpc) is 3.63. The van der Waals surface area contributed by atoms with Gasteiger partial charge in [0.2, 0.25) is 0 Å². The molecule has 2 saturated heterocycles. The molecule has 3 N–H and O–H groups in total. The van der Waals surface area contributed by atoms with Crippen LogP contribution in [0.25, 0.3) is 0 Å². The summed E-state index contributed by atoms with van der Waals surface area (Å²) < 4.78 is 25.0. The number of nitrogens with two attached hydrogens (primary N) is 1. The number of carbonyl (C=O) groups is 2. The van der Waals surface area contributed by atoms with Crippen LogP contribution in [0, 0.1) is 17.8 Å². The lowest BCUT2D eigenvalue weighted by Gasteiger charge is -2.61. The molecule has 0 bridgehead atoms. The number of ketones is 1. The number of fused-ring (bicyclic) bond motifs is 3. The van der Waals surface area contributed by atoms with Crippen LogP contribution >= 0.6 is 0 Å². The molecule has 10 atom stereocenters. The number of amides is 1. The minimum atomic E-state index is -1.19. The Hall–Kier alpha value is -2.30. The van der Waals surface area contributed by atoms with E-state index in [1.165, 1.54) is 25.7 Å². The summed E-state index contributed by atoms with van der Waals surface area (Å²) in [5, 5.41) is 2.97. The molecule has 1 aromatic heterocycles. The molecule has 10 unspecified atom stereocenters. The fourth-order valence-electron chi connectivity index (χ4n) is 8.93. The van der Waals surface area contributed by atoms with Crippen molar-refractivity contribution in [2.75, 3.05) is 19.6 Å².